The van der Waals surface area contributed by atoms with E-state index in [1.807, 2.05) is 0 Å². The van der Waals surface area contributed by atoms with Crippen LogP contribution in [0.5, 0.6) is 0 Å². The molecule has 0 N–H and O–H groups in total. The molecule has 2 heterocycles. The fraction of sp³-hybridized carbons (Fsp3) is 1.00. The number of sulfone groups is 1. The summed E-state index contributed by atoms with van der Waals surface area (Å²) in [5, 5.41) is 0. The molecule has 0 radical (unpaired) electrons. The monoisotopic (exact) mass is 204 g/mol. The molecule has 2 aliphatic rings. The Hall–Kier alpha value is -0.0900. The van der Waals surface area contributed by atoms with Crippen LogP contribution in [0.15, 0.2) is 0 Å². The van der Waals surface area contributed by atoms with Crippen LogP contribution in [0, 0.1) is 0 Å². The molecule has 13 heavy (non-hydrogen) atoms. The molecule has 1 spiro atoms. The van der Waals surface area contributed by atoms with Crippen LogP contribution in [-0.2, 0) is 14.6 Å². The molecule has 2 rings (SSSR count). The SMILES string of the molecule is O=S1(=O)CCCCC12CCCOC2. The van der Waals surface area contributed by atoms with Crippen molar-refractivity contribution < 1.29 is 13.2 Å². The second-order valence-electron chi connectivity index (χ2n) is 4.12. The van der Waals surface area contributed by atoms with Crippen molar-refractivity contribution in [3.05, 3.63) is 0 Å². The van der Waals surface area contributed by atoms with Gasteiger partial charge < -0.3 is 4.74 Å². The first-order valence-electron chi connectivity index (χ1n) is 4.96. The Balaban J connectivity index is 2.26. The van der Waals surface area contributed by atoms with E-state index in [0.29, 0.717) is 12.4 Å². The lowest BCUT2D eigenvalue weighted by Crippen LogP contribution is -2.49. The van der Waals surface area contributed by atoms with Gasteiger partial charge in [0, 0.05) is 6.61 Å². The lowest BCUT2D eigenvalue weighted by atomic mass is 9.94. The van der Waals surface area contributed by atoms with Crippen LogP contribution in [0.1, 0.15) is 32.1 Å². The molecule has 2 saturated heterocycles. The number of hydrogen-bond donors (Lipinski definition) is 0. The highest BCUT2D eigenvalue weighted by Gasteiger charge is 2.46. The van der Waals surface area contributed by atoms with Gasteiger partial charge in [-0.1, -0.05) is 6.42 Å². The third-order valence-electron chi connectivity index (χ3n) is 3.24. The predicted octanol–water partition coefficient (Wildman–Crippen LogP) is 1.13. The summed E-state index contributed by atoms with van der Waals surface area (Å²) in [6.07, 6.45) is 4.41. The smallest absolute Gasteiger partial charge is 0.158 e. The molecule has 0 aromatic rings. The third kappa shape index (κ3) is 1.50. The van der Waals surface area contributed by atoms with Gasteiger partial charge in [0.1, 0.15) is 0 Å². The van der Waals surface area contributed by atoms with Crippen molar-refractivity contribution in [2.45, 2.75) is 36.9 Å². The Morgan fingerprint density at radius 3 is 2.46 bits per heavy atom. The van der Waals surface area contributed by atoms with Gasteiger partial charge in [-0.05, 0) is 25.7 Å². The van der Waals surface area contributed by atoms with Crippen LogP contribution >= 0.6 is 0 Å². The van der Waals surface area contributed by atoms with Gasteiger partial charge in [0.15, 0.2) is 9.84 Å². The highest BCUT2D eigenvalue weighted by molar-refractivity contribution is 7.92. The molecule has 0 aromatic heterocycles. The molecule has 1 atom stereocenters. The van der Waals surface area contributed by atoms with E-state index in [4.69, 9.17) is 4.74 Å². The summed E-state index contributed by atoms with van der Waals surface area (Å²) in [5.74, 6) is 0.371. The first kappa shape index (κ1) is 9.46. The van der Waals surface area contributed by atoms with Gasteiger partial charge in [0.2, 0.25) is 0 Å². The molecule has 76 valence electrons. The van der Waals surface area contributed by atoms with Crippen molar-refractivity contribution in [2.24, 2.45) is 0 Å². The molecule has 0 aromatic carbocycles. The van der Waals surface area contributed by atoms with Crippen molar-refractivity contribution in [1.29, 1.82) is 0 Å². The lowest BCUT2D eigenvalue weighted by molar-refractivity contribution is 0.0606. The maximum absolute atomic E-state index is 11.9. The minimum Gasteiger partial charge on any atom is -0.380 e. The van der Waals surface area contributed by atoms with Crippen LogP contribution in [-0.4, -0.2) is 32.1 Å². The van der Waals surface area contributed by atoms with E-state index in [1.54, 1.807) is 0 Å². The Morgan fingerprint density at radius 1 is 1.08 bits per heavy atom. The zero-order valence-corrected chi connectivity index (χ0v) is 8.61. The Bertz CT molecular complexity index is 267. The second kappa shape index (κ2) is 3.24. The summed E-state index contributed by atoms with van der Waals surface area (Å²) in [4.78, 5) is 0. The van der Waals surface area contributed by atoms with E-state index in [2.05, 4.69) is 0 Å². The van der Waals surface area contributed by atoms with Gasteiger partial charge in [-0.15, -0.1) is 0 Å². The highest BCUT2D eigenvalue weighted by Crippen LogP contribution is 2.37. The zero-order valence-electron chi connectivity index (χ0n) is 7.79. The van der Waals surface area contributed by atoms with Crippen molar-refractivity contribution in [2.75, 3.05) is 19.0 Å². The number of hydrogen-bond acceptors (Lipinski definition) is 3. The zero-order chi connectivity index (χ0) is 9.36. The van der Waals surface area contributed by atoms with Crippen LogP contribution in [0.4, 0.5) is 0 Å². The van der Waals surface area contributed by atoms with Gasteiger partial charge in [-0.25, -0.2) is 8.42 Å². The van der Waals surface area contributed by atoms with Crippen LogP contribution in [0.3, 0.4) is 0 Å². The summed E-state index contributed by atoms with van der Waals surface area (Å²) >= 11 is 0. The topological polar surface area (TPSA) is 43.4 Å². The van der Waals surface area contributed by atoms with Gasteiger partial charge in [0.25, 0.3) is 0 Å². The standard InChI is InChI=1S/C9H16O3S/c10-13(11)7-2-1-4-9(13)5-3-6-12-8-9/h1-8H2. The Kier molecular flexibility index (Phi) is 2.36. The predicted molar refractivity (Wildman–Crippen MR) is 50.4 cm³/mol. The Labute approximate surface area is 79.4 Å². The van der Waals surface area contributed by atoms with Crippen LogP contribution < -0.4 is 0 Å². The molecule has 0 amide bonds. The van der Waals surface area contributed by atoms with E-state index >= 15 is 0 Å². The molecular formula is C9H16O3S. The van der Waals surface area contributed by atoms with Crippen LogP contribution in [0.25, 0.3) is 0 Å². The maximum atomic E-state index is 11.9. The van der Waals surface area contributed by atoms with Gasteiger partial charge in [-0.2, -0.15) is 0 Å². The maximum Gasteiger partial charge on any atom is 0.158 e. The van der Waals surface area contributed by atoms with E-state index < -0.39 is 14.6 Å². The van der Waals surface area contributed by atoms with Crippen molar-refractivity contribution >= 4 is 9.84 Å². The van der Waals surface area contributed by atoms with Crippen molar-refractivity contribution in [1.82, 2.24) is 0 Å². The third-order valence-corrected chi connectivity index (χ3v) is 5.91. The molecule has 2 fully saturated rings. The minimum atomic E-state index is -2.87. The highest BCUT2D eigenvalue weighted by atomic mass is 32.2. The van der Waals surface area contributed by atoms with E-state index in [9.17, 15) is 8.42 Å². The molecular weight excluding hydrogens is 188 g/mol. The van der Waals surface area contributed by atoms with Crippen molar-refractivity contribution in [3.63, 3.8) is 0 Å². The van der Waals surface area contributed by atoms with E-state index in [1.165, 1.54) is 0 Å². The molecule has 1 unspecified atom stereocenters. The quantitative estimate of drug-likeness (QED) is 0.594. The van der Waals surface area contributed by atoms with E-state index in [-0.39, 0.29) is 0 Å². The number of rotatable bonds is 0. The molecule has 0 bridgehead atoms. The molecule has 0 saturated carbocycles. The van der Waals surface area contributed by atoms with E-state index in [0.717, 1.165) is 38.7 Å². The summed E-state index contributed by atoms with van der Waals surface area (Å²) in [7, 11) is -2.87. The van der Waals surface area contributed by atoms with Gasteiger partial charge in [-0.3, -0.25) is 0 Å². The van der Waals surface area contributed by atoms with Gasteiger partial charge in [0.05, 0.1) is 17.1 Å². The van der Waals surface area contributed by atoms with Gasteiger partial charge >= 0.3 is 0 Å². The summed E-state index contributed by atoms with van der Waals surface area (Å²) in [5.41, 5.74) is 0. The molecule has 2 aliphatic heterocycles. The Morgan fingerprint density at radius 2 is 1.85 bits per heavy atom. The average Bonchev–Trinajstić information content (AvgIpc) is 2.12. The normalized spacial score (nSPS) is 39.1. The van der Waals surface area contributed by atoms with Crippen molar-refractivity contribution in [3.8, 4) is 0 Å². The largest absolute Gasteiger partial charge is 0.380 e. The summed E-state index contributed by atoms with van der Waals surface area (Å²) in [6.45, 7) is 1.17. The number of ether oxygens (including phenoxy) is 1. The first-order valence-corrected chi connectivity index (χ1v) is 6.62. The average molecular weight is 204 g/mol. The second-order valence-corrected chi connectivity index (χ2v) is 6.62. The molecule has 3 nitrogen and oxygen atoms in total. The van der Waals surface area contributed by atoms with Crippen LogP contribution in [0.2, 0.25) is 0 Å². The summed E-state index contributed by atoms with van der Waals surface area (Å²) in [6, 6.07) is 0. The fourth-order valence-corrected chi connectivity index (χ4v) is 4.57. The minimum absolute atomic E-state index is 0.371. The lowest BCUT2D eigenvalue weighted by Gasteiger charge is -2.39. The fourth-order valence-electron chi connectivity index (χ4n) is 2.38. The summed E-state index contributed by atoms with van der Waals surface area (Å²) < 4.78 is 28.6. The first-order chi connectivity index (χ1) is 6.16. The molecule has 4 heteroatoms. The molecule has 0 aliphatic carbocycles.